The number of halogens is 1. The van der Waals surface area contributed by atoms with Crippen molar-refractivity contribution in [3.05, 3.63) is 52.0 Å². The van der Waals surface area contributed by atoms with Crippen molar-refractivity contribution in [2.75, 3.05) is 13.7 Å². The average Bonchev–Trinajstić information content (AvgIpc) is 3.06. The Labute approximate surface area is 138 Å². The number of aliphatic hydroxyl groups excluding tert-OH is 1. The molecule has 2 amide bonds. The summed E-state index contributed by atoms with van der Waals surface area (Å²) in [6.45, 7) is 1.74. The largest absolute Gasteiger partial charge is 0.496 e. The van der Waals surface area contributed by atoms with Crippen LogP contribution in [-0.2, 0) is 0 Å². The van der Waals surface area contributed by atoms with E-state index in [-0.39, 0.29) is 12.1 Å². The number of hydrogen-bond acceptors (Lipinski definition) is 4. The third-order valence-corrected chi connectivity index (χ3v) is 4.10. The number of benzene rings is 1. The molecule has 0 bridgehead atoms. The number of ether oxygens (including phenoxy) is 1. The van der Waals surface area contributed by atoms with Crippen LogP contribution in [0.2, 0.25) is 0 Å². The van der Waals surface area contributed by atoms with Gasteiger partial charge in [0, 0.05) is 6.54 Å². The Morgan fingerprint density at radius 2 is 2.22 bits per heavy atom. The maximum atomic E-state index is 13.9. The van der Waals surface area contributed by atoms with E-state index >= 15 is 0 Å². The molecule has 0 aliphatic heterocycles. The summed E-state index contributed by atoms with van der Waals surface area (Å²) < 4.78 is 19.1. The highest BCUT2D eigenvalue weighted by Crippen LogP contribution is 2.27. The first kappa shape index (κ1) is 17.2. The van der Waals surface area contributed by atoms with Crippen LogP contribution in [0.3, 0.4) is 0 Å². The van der Waals surface area contributed by atoms with Crippen LogP contribution in [0.4, 0.5) is 9.18 Å². The molecular formula is C16H19FN2O3S. The third kappa shape index (κ3) is 4.43. The van der Waals surface area contributed by atoms with Gasteiger partial charge in [-0.1, -0.05) is 6.07 Å². The van der Waals surface area contributed by atoms with Crippen molar-refractivity contribution < 1.29 is 19.0 Å². The molecule has 124 valence electrons. The zero-order chi connectivity index (χ0) is 16.8. The molecule has 2 atom stereocenters. The predicted octanol–water partition coefficient (Wildman–Crippen LogP) is 2.99. The quantitative estimate of drug-likeness (QED) is 0.758. The second kappa shape index (κ2) is 7.94. The number of aliphatic hydroxyl groups is 1. The van der Waals surface area contributed by atoms with Crippen LogP contribution in [0.5, 0.6) is 5.75 Å². The molecule has 2 rings (SSSR count). The second-order valence-electron chi connectivity index (χ2n) is 5.00. The highest BCUT2D eigenvalue weighted by Gasteiger charge is 2.18. The summed E-state index contributed by atoms with van der Waals surface area (Å²) in [6, 6.07) is 5.22. The van der Waals surface area contributed by atoms with Gasteiger partial charge in [-0.05, 0) is 41.4 Å². The molecule has 0 aliphatic carbocycles. The second-order valence-corrected chi connectivity index (χ2v) is 5.78. The van der Waals surface area contributed by atoms with E-state index in [9.17, 15) is 14.3 Å². The Kier molecular flexibility index (Phi) is 5.95. The highest BCUT2D eigenvalue weighted by molar-refractivity contribution is 7.07. The van der Waals surface area contributed by atoms with Gasteiger partial charge in [-0.2, -0.15) is 11.3 Å². The Balaban J connectivity index is 1.92. The van der Waals surface area contributed by atoms with E-state index in [2.05, 4.69) is 10.6 Å². The van der Waals surface area contributed by atoms with E-state index in [0.717, 1.165) is 5.56 Å². The number of urea groups is 1. The van der Waals surface area contributed by atoms with Crippen LogP contribution in [0.1, 0.15) is 30.2 Å². The molecule has 7 heteroatoms. The predicted molar refractivity (Wildman–Crippen MR) is 87.2 cm³/mol. The lowest BCUT2D eigenvalue weighted by molar-refractivity contribution is 0.173. The van der Waals surface area contributed by atoms with Crippen molar-refractivity contribution in [1.82, 2.24) is 10.6 Å². The Bertz CT molecular complexity index is 649. The van der Waals surface area contributed by atoms with E-state index in [4.69, 9.17) is 4.74 Å². The number of amides is 2. The molecule has 5 nitrogen and oxygen atoms in total. The van der Waals surface area contributed by atoms with Crippen LogP contribution in [-0.4, -0.2) is 24.8 Å². The van der Waals surface area contributed by atoms with E-state index in [0.29, 0.717) is 5.75 Å². The van der Waals surface area contributed by atoms with Crippen LogP contribution in [0.15, 0.2) is 35.0 Å². The molecule has 0 saturated carbocycles. The fourth-order valence-electron chi connectivity index (χ4n) is 2.21. The molecule has 0 saturated heterocycles. The molecule has 0 aliphatic rings. The van der Waals surface area contributed by atoms with Gasteiger partial charge >= 0.3 is 6.03 Å². The number of nitrogens with one attached hydrogen (secondary N) is 2. The Morgan fingerprint density at radius 3 is 2.87 bits per heavy atom. The molecule has 0 spiro atoms. The topological polar surface area (TPSA) is 70.6 Å². The highest BCUT2D eigenvalue weighted by atomic mass is 32.1. The summed E-state index contributed by atoms with van der Waals surface area (Å²) in [4.78, 5) is 11.9. The number of carbonyl (C=O) groups is 1. The number of carbonyl (C=O) groups excluding carboxylic acids is 1. The van der Waals surface area contributed by atoms with Crippen LogP contribution in [0.25, 0.3) is 0 Å². The summed E-state index contributed by atoms with van der Waals surface area (Å²) in [5.74, 6) is -0.0773. The number of thiophene rings is 1. The van der Waals surface area contributed by atoms with Gasteiger partial charge in [-0.25, -0.2) is 9.18 Å². The molecule has 23 heavy (non-hydrogen) atoms. The third-order valence-electron chi connectivity index (χ3n) is 3.40. The van der Waals surface area contributed by atoms with Gasteiger partial charge in [0.15, 0.2) is 0 Å². The number of rotatable bonds is 6. The Hall–Kier alpha value is -2.12. The minimum absolute atomic E-state index is 0.0731. The smallest absolute Gasteiger partial charge is 0.315 e. The molecule has 0 radical (unpaired) electrons. The summed E-state index contributed by atoms with van der Waals surface area (Å²) in [6.07, 6.45) is -0.773. The maximum absolute atomic E-state index is 13.9. The van der Waals surface area contributed by atoms with Gasteiger partial charge in [0.25, 0.3) is 0 Å². The first-order chi connectivity index (χ1) is 11.0. The van der Waals surface area contributed by atoms with Gasteiger partial charge in [0.2, 0.25) is 0 Å². The van der Waals surface area contributed by atoms with E-state index < -0.39 is 24.0 Å². The van der Waals surface area contributed by atoms with Crippen molar-refractivity contribution in [3.63, 3.8) is 0 Å². The molecule has 1 aromatic carbocycles. The minimum Gasteiger partial charge on any atom is -0.496 e. The van der Waals surface area contributed by atoms with Crippen molar-refractivity contribution in [2.45, 2.75) is 19.1 Å². The van der Waals surface area contributed by atoms with Crippen molar-refractivity contribution >= 4 is 17.4 Å². The zero-order valence-electron chi connectivity index (χ0n) is 12.9. The normalized spacial score (nSPS) is 13.2. The Morgan fingerprint density at radius 1 is 1.43 bits per heavy atom. The molecule has 0 fully saturated rings. The first-order valence-electron chi connectivity index (χ1n) is 7.09. The monoisotopic (exact) mass is 338 g/mol. The lowest BCUT2D eigenvalue weighted by atomic mass is 10.1. The van der Waals surface area contributed by atoms with Crippen LogP contribution >= 0.6 is 11.3 Å². The molecular weight excluding hydrogens is 319 g/mol. The molecule has 0 unspecified atom stereocenters. The van der Waals surface area contributed by atoms with E-state index in [1.165, 1.54) is 24.5 Å². The average molecular weight is 338 g/mol. The van der Waals surface area contributed by atoms with Crippen LogP contribution in [0, 0.1) is 5.82 Å². The molecule has 1 heterocycles. The zero-order valence-corrected chi connectivity index (χ0v) is 13.7. The van der Waals surface area contributed by atoms with E-state index in [1.807, 2.05) is 10.8 Å². The SMILES string of the molecule is COc1cccc(F)c1[C@@H](C)NC(=O)NC[C@@H](O)c1ccsc1. The fraction of sp³-hybridized carbons (Fsp3) is 0.312. The number of hydrogen-bond donors (Lipinski definition) is 3. The van der Waals surface area contributed by atoms with Crippen molar-refractivity contribution in [3.8, 4) is 5.75 Å². The molecule has 3 N–H and O–H groups in total. The number of methoxy groups -OCH3 is 1. The van der Waals surface area contributed by atoms with E-state index in [1.54, 1.807) is 25.1 Å². The first-order valence-corrected chi connectivity index (χ1v) is 8.04. The minimum atomic E-state index is -0.773. The van der Waals surface area contributed by atoms with Gasteiger partial charge in [-0.15, -0.1) is 0 Å². The summed E-state index contributed by atoms with van der Waals surface area (Å²) >= 11 is 1.47. The lowest BCUT2D eigenvalue weighted by Gasteiger charge is -2.19. The maximum Gasteiger partial charge on any atom is 0.315 e. The summed E-state index contributed by atoms with van der Waals surface area (Å²) in [5.41, 5.74) is 1.03. The van der Waals surface area contributed by atoms with Crippen LogP contribution < -0.4 is 15.4 Å². The van der Waals surface area contributed by atoms with Crippen molar-refractivity contribution in [2.24, 2.45) is 0 Å². The standard InChI is InChI=1S/C16H19FN2O3S/c1-10(15-12(17)4-3-5-14(15)22-2)19-16(21)18-8-13(20)11-6-7-23-9-11/h3-7,9-10,13,20H,8H2,1-2H3,(H2,18,19,21)/t10-,13-/m1/s1. The van der Waals surface area contributed by atoms with Crippen molar-refractivity contribution in [1.29, 1.82) is 0 Å². The lowest BCUT2D eigenvalue weighted by Crippen LogP contribution is -2.39. The van der Waals surface area contributed by atoms with Gasteiger partial charge in [0.05, 0.1) is 24.8 Å². The van der Waals surface area contributed by atoms with Gasteiger partial charge in [0.1, 0.15) is 11.6 Å². The summed E-state index contributed by atoms with van der Waals surface area (Å²) in [5, 5.41) is 18.8. The fourth-order valence-corrected chi connectivity index (χ4v) is 2.91. The van der Waals surface area contributed by atoms with Gasteiger partial charge in [-0.3, -0.25) is 0 Å². The molecule has 2 aromatic rings. The summed E-state index contributed by atoms with van der Waals surface area (Å²) in [7, 11) is 1.45. The molecule has 1 aromatic heterocycles. The van der Waals surface area contributed by atoms with Gasteiger partial charge < -0.3 is 20.5 Å².